The number of amides is 1. The topological polar surface area (TPSA) is 103 Å². The van der Waals surface area contributed by atoms with E-state index < -0.39 is 33.1 Å². The maximum atomic E-state index is 12.0. The Labute approximate surface area is 117 Å². The van der Waals surface area contributed by atoms with Gasteiger partial charge in [0, 0.05) is 5.56 Å². The van der Waals surface area contributed by atoms with Crippen LogP contribution in [0.3, 0.4) is 0 Å². The fraction of sp³-hybridized carbons (Fsp3) is 0.500. The van der Waals surface area contributed by atoms with Crippen molar-refractivity contribution >= 4 is 21.9 Å². The lowest BCUT2D eigenvalue weighted by molar-refractivity contribution is -0.144. The first kappa shape index (κ1) is 16.2. The molecule has 0 aliphatic rings. The van der Waals surface area contributed by atoms with Crippen molar-refractivity contribution < 1.29 is 27.2 Å². The van der Waals surface area contributed by atoms with Crippen LogP contribution in [0.5, 0.6) is 0 Å². The fourth-order valence-electron chi connectivity index (χ4n) is 1.52. The minimum Gasteiger partial charge on any atom is -0.469 e. The zero-order valence-corrected chi connectivity index (χ0v) is 12.5. The van der Waals surface area contributed by atoms with Crippen LogP contribution in [0.25, 0.3) is 0 Å². The number of carbonyl (C=O) groups is 2. The van der Waals surface area contributed by atoms with E-state index in [9.17, 15) is 18.0 Å². The van der Waals surface area contributed by atoms with Crippen LogP contribution in [-0.4, -0.2) is 32.7 Å². The number of hydrogen-bond acceptors (Lipinski definition) is 6. The molecule has 8 heteroatoms. The molecular weight excluding hydrogens is 286 g/mol. The standard InChI is InChI=1S/C12H17NO6S/c1-7-5-6-19-10(7)11(14)13-20(16,17)9(3)8(2)12(15)18-4/h5-6,8-9H,1-4H3,(H,13,14). The monoisotopic (exact) mass is 303 g/mol. The first-order valence-corrected chi connectivity index (χ1v) is 7.43. The molecule has 1 aromatic rings. The minimum atomic E-state index is -4.02. The Morgan fingerprint density at radius 1 is 1.35 bits per heavy atom. The van der Waals surface area contributed by atoms with E-state index >= 15 is 0 Å². The molecule has 0 spiro atoms. The Kier molecular flexibility index (Phi) is 4.93. The van der Waals surface area contributed by atoms with Crippen LogP contribution in [0.1, 0.15) is 30.0 Å². The second-order valence-corrected chi connectivity index (χ2v) is 6.46. The van der Waals surface area contributed by atoms with E-state index in [1.54, 1.807) is 13.0 Å². The summed E-state index contributed by atoms with van der Waals surface area (Å²) in [6, 6.07) is 1.54. The Balaban J connectivity index is 2.88. The van der Waals surface area contributed by atoms with E-state index in [-0.39, 0.29) is 5.76 Å². The van der Waals surface area contributed by atoms with Gasteiger partial charge in [-0.15, -0.1) is 0 Å². The molecule has 0 bridgehead atoms. The van der Waals surface area contributed by atoms with E-state index in [0.717, 1.165) is 0 Å². The molecule has 1 rings (SSSR count). The highest BCUT2D eigenvalue weighted by molar-refractivity contribution is 7.90. The summed E-state index contributed by atoms with van der Waals surface area (Å²) < 4.78 is 35.3. The third-order valence-electron chi connectivity index (χ3n) is 3.07. The van der Waals surface area contributed by atoms with E-state index in [1.807, 2.05) is 4.72 Å². The molecule has 7 nitrogen and oxygen atoms in total. The molecule has 0 aliphatic heterocycles. The molecule has 0 aromatic carbocycles. The van der Waals surface area contributed by atoms with Gasteiger partial charge in [-0.05, 0) is 19.9 Å². The van der Waals surface area contributed by atoms with Gasteiger partial charge in [0.25, 0.3) is 0 Å². The van der Waals surface area contributed by atoms with Crippen molar-refractivity contribution in [3.63, 3.8) is 0 Å². The molecule has 1 N–H and O–H groups in total. The number of ether oxygens (including phenoxy) is 1. The summed E-state index contributed by atoms with van der Waals surface area (Å²) in [5, 5.41) is -1.12. The highest BCUT2D eigenvalue weighted by atomic mass is 32.2. The predicted molar refractivity (Wildman–Crippen MR) is 70.5 cm³/mol. The lowest BCUT2D eigenvalue weighted by atomic mass is 10.1. The number of aryl methyl sites for hydroxylation is 1. The summed E-state index contributed by atoms with van der Waals surface area (Å²) in [7, 11) is -2.85. The van der Waals surface area contributed by atoms with Gasteiger partial charge < -0.3 is 9.15 Å². The number of methoxy groups -OCH3 is 1. The molecule has 1 aromatic heterocycles. The smallest absolute Gasteiger partial charge is 0.309 e. The van der Waals surface area contributed by atoms with Crippen LogP contribution < -0.4 is 4.72 Å². The highest BCUT2D eigenvalue weighted by Gasteiger charge is 2.33. The van der Waals surface area contributed by atoms with Crippen molar-refractivity contribution in [3.8, 4) is 0 Å². The van der Waals surface area contributed by atoms with Gasteiger partial charge in [0.05, 0.1) is 24.5 Å². The fourth-order valence-corrected chi connectivity index (χ4v) is 2.71. The Hall–Kier alpha value is -1.83. The molecule has 1 heterocycles. The lowest BCUT2D eigenvalue weighted by Gasteiger charge is -2.18. The largest absolute Gasteiger partial charge is 0.469 e. The summed E-state index contributed by atoms with van der Waals surface area (Å²) in [6.45, 7) is 4.36. The molecule has 1 amide bonds. The minimum absolute atomic E-state index is 0.0773. The van der Waals surface area contributed by atoms with Crippen LogP contribution in [0.2, 0.25) is 0 Å². The average molecular weight is 303 g/mol. The zero-order chi connectivity index (χ0) is 15.5. The predicted octanol–water partition coefficient (Wildman–Crippen LogP) is 0.845. The van der Waals surface area contributed by atoms with Crippen molar-refractivity contribution in [1.82, 2.24) is 4.72 Å². The number of rotatable bonds is 5. The van der Waals surface area contributed by atoms with E-state index in [1.165, 1.54) is 27.2 Å². The number of hydrogen-bond donors (Lipinski definition) is 1. The van der Waals surface area contributed by atoms with Crippen LogP contribution in [0, 0.1) is 12.8 Å². The van der Waals surface area contributed by atoms with E-state index in [0.29, 0.717) is 5.56 Å². The molecule has 2 unspecified atom stereocenters. The highest BCUT2D eigenvalue weighted by Crippen LogP contribution is 2.15. The third-order valence-corrected chi connectivity index (χ3v) is 4.93. The van der Waals surface area contributed by atoms with Crippen molar-refractivity contribution in [3.05, 3.63) is 23.7 Å². The summed E-state index contributed by atoms with van der Waals surface area (Å²) in [5.41, 5.74) is 0.520. The quantitative estimate of drug-likeness (QED) is 0.809. The number of nitrogens with one attached hydrogen (secondary N) is 1. The normalized spacial score (nSPS) is 14.4. The Morgan fingerprint density at radius 2 is 1.95 bits per heavy atom. The van der Waals surface area contributed by atoms with Gasteiger partial charge in [-0.2, -0.15) is 0 Å². The van der Waals surface area contributed by atoms with E-state index in [4.69, 9.17) is 4.42 Å². The summed E-state index contributed by atoms with van der Waals surface area (Å²) in [4.78, 5) is 23.2. The number of sulfonamides is 1. The molecule has 20 heavy (non-hydrogen) atoms. The number of carbonyl (C=O) groups excluding carboxylic acids is 2. The summed E-state index contributed by atoms with van der Waals surface area (Å²) >= 11 is 0. The second kappa shape index (κ2) is 6.08. The van der Waals surface area contributed by atoms with Crippen LogP contribution in [0.4, 0.5) is 0 Å². The van der Waals surface area contributed by atoms with Crippen molar-refractivity contribution in [2.75, 3.05) is 7.11 Å². The van der Waals surface area contributed by atoms with Crippen LogP contribution in [-0.2, 0) is 19.6 Å². The van der Waals surface area contributed by atoms with Gasteiger partial charge in [0.15, 0.2) is 5.76 Å². The summed E-state index contributed by atoms with van der Waals surface area (Å²) in [6.07, 6.45) is 1.29. The molecular formula is C12H17NO6S. The van der Waals surface area contributed by atoms with E-state index in [2.05, 4.69) is 4.74 Å². The first-order valence-electron chi connectivity index (χ1n) is 5.88. The van der Waals surface area contributed by atoms with Crippen molar-refractivity contribution in [2.45, 2.75) is 26.0 Å². The lowest BCUT2D eigenvalue weighted by Crippen LogP contribution is -2.42. The third kappa shape index (κ3) is 3.38. The molecule has 0 fully saturated rings. The molecule has 0 radical (unpaired) electrons. The van der Waals surface area contributed by atoms with Gasteiger partial charge in [0.2, 0.25) is 10.0 Å². The first-order chi connectivity index (χ1) is 9.20. The zero-order valence-electron chi connectivity index (χ0n) is 11.7. The maximum absolute atomic E-state index is 12.0. The van der Waals surface area contributed by atoms with Crippen LogP contribution >= 0.6 is 0 Å². The second-order valence-electron chi connectivity index (χ2n) is 4.43. The molecule has 0 aliphatic carbocycles. The van der Waals surface area contributed by atoms with Gasteiger partial charge >= 0.3 is 11.9 Å². The molecule has 112 valence electrons. The summed E-state index contributed by atoms with van der Waals surface area (Å²) in [5.74, 6) is -2.50. The Morgan fingerprint density at radius 3 is 2.40 bits per heavy atom. The average Bonchev–Trinajstić information content (AvgIpc) is 2.81. The molecule has 0 saturated heterocycles. The van der Waals surface area contributed by atoms with Gasteiger partial charge in [-0.1, -0.05) is 6.92 Å². The molecule has 2 atom stereocenters. The SMILES string of the molecule is COC(=O)C(C)C(C)S(=O)(=O)NC(=O)c1occc1C. The number of esters is 1. The van der Waals surface area contributed by atoms with Crippen LogP contribution in [0.15, 0.2) is 16.7 Å². The van der Waals surface area contributed by atoms with Crippen molar-refractivity contribution in [1.29, 1.82) is 0 Å². The Bertz CT molecular complexity index is 603. The number of furan rings is 1. The van der Waals surface area contributed by atoms with Gasteiger partial charge in [-0.25, -0.2) is 13.1 Å². The van der Waals surface area contributed by atoms with Crippen molar-refractivity contribution in [2.24, 2.45) is 5.92 Å². The maximum Gasteiger partial charge on any atom is 0.309 e. The molecule has 0 saturated carbocycles. The van der Waals surface area contributed by atoms with Gasteiger partial charge in [-0.3, -0.25) is 9.59 Å². The van der Waals surface area contributed by atoms with Gasteiger partial charge in [0.1, 0.15) is 0 Å².